The van der Waals surface area contributed by atoms with Gasteiger partial charge >= 0.3 is 0 Å². The molecule has 1 fully saturated rings. The van der Waals surface area contributed by atoms with E-state index in [2.05, 4.69) is 0 Å². The molecule has 174 valence electrons. The number of hydrogen-bond acceptors (Lipinski definition) is 4. The van der Waals surface area contributed by atoms with Gasteiger partial charge in [0.25, 0.3) is 11.8 Å². The van der Waals surface area contributed by atoms with Crippen molar-refractivity contribution in [1.82, 2.24) is 4.90 Å². The monoisotopic (exact) mass is 500 g/mol. The predicted molar refractivity (Wildman–Crippen MR) is 127 cm³/mol. The first kappa shape index (κ1) is 22.7. The number of carbonyl (C=O) groups is 2. The number of carbonyl (C=O) groups excluding carboxylic acids is 2. The molecule has 2 heterocycles. The van der Waals surface area contributed by atoms with Crippen molar-refractivity contribution in [3.05, 3.63) is 94.0 Å². The van der Waals surface area contributed by atoms with Crippen LogP contribution in [0.3, 0.4) is 0 Å². The third-order valence-electron chi connectivity index (χ3n) is 6.11. The van der Waals surface area contributed by atoms with Gasteiger partial charge in [0, 0.05) is 34.0 Å². The minimum Gasteiger partial charge on any atom is -0.497 e. The van der Waals surface area contributed by atoms with E-state index in [0.29, 0.717) is 39.9 Å². The van der Waals surface area contributed by atoms with Crippen molar-refractivity contribution in [2.45, 2.75) is 11.4 Å². The second kappa shape index (κ2) is 8.60. The average molecular weight is 501 g/mol. The molecule has 0 aliphatic carbocycles. The number of ether oxygens (including phenoxy) is 1. The van der Waals surface area contributed by atoms with Crippen molar-refractivity contribution in [3.63, 3.8) is 0 Å². The summed E-state index contributed by atoms with van der Waals surface area (Å²) in [6.07, 6.45) is 0. The summed E-state index contributed by atoms with van der Waals surface area (Å²) in [7, 11) is 1.51. The molecule has 0 N–H and O–H groups in total. The first-order valence-corrected chi connectivity index (χ1v) is 11.9. The van der Waals surface area contributed by atoms with Gasteiger partial charge in [-0.1, -0.05) is 17.7 Å². The summed E-state index contributed by atoms with van der Waals surface area (Å²) >= 11 is 7.30. The highest BCUT2D eigenvalue weighted by Gasteiger charge is 2.59. The molecule has 2 aliphatic rings. The van der Waals surface area contributed by atoms with E-state index in [9.17, 15) is 18.4 Å². The lowest BCUT2D eigenvalue weighted by atomic mass is 10.0. The highest BCUT2D eigenvalue weighted by atomic mass is 35.5. The number of amides is 2. The molecule has 2 aliphatic heterocycles. The van der Waals surface area contributed by atoms with Crippen LogP contribution in [0.5, 0.6) is 5.75 Å². The van der Waals surface area contributed by atoms with Crippen molar-refractivity contribution >= 4 is 40.9 Å². The maximum absolute atomic E-state index is 14.5. The van der Waals surface area contributed by atoms with Crippen molar-refractivity contribution < 1.29 is 23.1 Å². The van der Waals surface area contributed by atoms with E-state index in [1.165, 1.54) is 34.7 Å². The van der Waals surface area contributed by atoms with Gasteiger partial charge in [-0.2, -0.15) is 0 Å². The van der Waals surface area contributed by atoms with Gasteiger partial charge in [-0.15, -0.1) is 11.8 Å². The number of fused-ring (bicyclic) bond motifs is 2. The molecule has 1 unspecified atom stereocenters. The molecule has 9 heteroatoms. The minimum atomic E-state index is -1.37. The molecule has 34 heavy (non-hydrogen) atoms. The summed E-state index contributed by atoms with van der Waals surface area (Å²) in [5.41, 5.74) is 1.21. The topological polar surface area (TPSA) is 49.9 Å². The Bertz CT molecular complexity index is 1280. The highest BCUT2D eigenvalue weighted by molar-refractivity contribution is 8.01. The number of methoxy groups -OCH3 is 1. The third kappa shape index (κ3) is 3.44. The zero-order chi connectivity index (χ0) is 24.0. The lowest BCUT2D eigenvalue weighted by Crippen LogP contribution is -2.50. The molecule has 3 aromatic rings. The molecule has 1 atom stereocenters. The maximum atomic E-state index is 14.5. The van der Waals surface area contributed by atoms with Gasteiger partial charge in [0.05, 0.1) is 19.3 Å². The summed E-state index contributed by atoms with van der Waals surface area (Å²) in [6.45, 7) is 0.0262. The fourth-order valence-electron chi connectivity index (χ4n) is 4.47. The van der Waals surface area contributed by atoms with Crippen LogP contribution in [0.25, 0.3) is 0 Å². The smallest absolute Gasteiger partial charge is 0.268 e. The molecule has 1 saturated heterocycles. The first-order chi connectivity index (χ1) is 16.4. The standard InChI is InChI=1S/C25H19ClF2N2O3S/c1-33-17-9-10-22-19(13-17)25(24(32)29(22)14-18-20(27)3-2-4-21(18)28)30(11-12-34-25)23(31)15-5-7-16(26)8-6-15/h2-10,13H,11-12,14H2,1H3. The summed E-state index contributed by atoms with van der Waals surface area (Å²) in [5.74, 6) is -1.21. The van der Waals surface area contributed by atoms with Crippen LogP contribution in [0.1, 0.15) is 21.5 Å². The molecular formula is C25H19ClF2N2O3S. The number of halogens is 3. The van der Waals surface area contributed by atoms with Gasteiger partial charge in [0.2, 0.25) is 0 Å². The molecule has 0 radical (unpaired) electrons. The van der Waals surface area contributed by atoms with Crippen LogP contribution in [-0.4, -0.2) is 36.1 Å². The summed E-state index contributed by atoms with van der Waals surface area (Å²) in [5, 5.41) is 0.493. The van der Waals surface area contributed by atoms with Gasteiger partial charge in [0.1, 0.15) is 17.4 Å². The number of hydrogen-bond donors (Lipinski definition) is 0. The van der Waals surface area contributed by atoms with E-state index < -0.39 is 22.4 Å². The molecule has 5 rings (SSSR count). The van der Waals surface area contributed by atoms with E-state index in [0.717, 1.165) is 12.1 Å². The fraction of sp³-hybridized carbons (Fsp3) is 0.200. The fourth-order valence-corrected chi connectivity index (χ4v) is 6.05. The van der Waals surface area contributed by atoms with Crippen molar-refractivity contribution in [1.29, 1.82) is 0 Å². The van der Waals surface area contributed by atoms with Crippen LogP contribution < -0.4 is 9.64 Å². The lowest BCUT2D eigenvalue weighted by Gasteiger charge is -2.33. The van der Waals surface area contributed by atoms with Crippen LogP contribution >= 0.6 is 23.4 Å². The van der Waals surface area contributed by atoms with Crippen LogP contribution in [-0.2, 0) is 16.2 Å². The third-order valence-corrected chi connectivity index (χ3v) is 7.79. The molecule has 2 amide bonds. The second-order valence-corrected chi connectivity index (χ2v) is 9.65. The van der Waals surface area contributed by atoms with Crippen molar-refractivity contribution in [3.8, 4) is 5.75 Å². The Morgan fingerprint density at radius 3 is 2.50 bits per heavy atom. The SMILES string of the molecule is COc1ccc2c(c1)C1(SCCN1C(=O)c1ccc(Cl)cc1)C(=O)N2Cc1c(F)cccc1F. The molecule has 0 bridgehead atoms. The van der Waals surface area contributed by atoms with Crippen LogP contribution in [0, 0.1) is 11.6 Å². The maximum Gasteiger partial charge on any atom is 0.268 e. The van der Waals surface area contributed by atoms with E-state index in [4.69, 9.17) is 16.3 Å². The van der Waals surface area contributed by atoms with Gasteiger partial charge in [-0.05, 0) is 54.6 Å². The average Bonchev–Trinajstić information content (AvgIpc) is 3.38. The van der Waals surface area contributed by atoms with Gasteiger partial charge in [-0.25, -0.2) is 8.78 Å². The van der Waals surface area contributed by atoms with Crippen LogP contribution in [0.15, 0.2) is 60.7 Å². The molecular weight excluding hydrogens is 482 g/mol. The number of rotatable bonds is 4. The summed E-state index contributed by atoms with van der Waals surface area (Å²) in [6, 6.07) is 15.1. The first-order valence-electron chi connectivity index (χ1n) is 10.5. The van der Waals surface area contributed by atoms with Crippen molar-refractivity contribution in [2.75, 3.05) is 24.3 Å². The number of thioether (sulfide) groups is 1. The molecule has 3 aromatic carbocycles. The van der Waals surface area contributed by atoms with E-state index in [-0.39, 0.29) is 18.0 Å². The van der Waals surface area contributed by atoms with Crippen LogP contribution in [0.4, 0.5) is 14.5 Å². The van der Waals surface area contributed by atoms with E-state index in [1.807, 2.05) is 0 Å². The predicted octanol–water partition coefficient (Wildman–Crippen LogP) is 5.22. The molecule has 1 spiro atoms. The Morgan fingerprint density at radius 2 is 1.82 bits per heavy atom. The zero-order valence-electron chi connectivity index (χ0n) is 18.1. The molecule has 0 saturated carbocycles. The Hall–Kier alpha value is -3.10. The minimum absolute atomic E-state index is 0.215. The second-order valence-electron chi connectivity index (χ2n) is 7.93. The molecule has 5 nitrogen and oxygen atoms in total. The Kier molecular flexibility index (Phi) is 5.73. The van der Waals surface area contributed by atoms with Gasteiger partial charge in [0.15, 0.2) is 4.87 Å². The Labute approximate surface area is 204 Å². The highest BCUT2D eigenvalue weighted by Crippen LogP contribution is 2.55. The summed E-state index contributed by atoms with van der Waals surface area (Å²) < 4.78 is 34.3. The van der Waals surface area contributed by atoms with E-state index >= 15 is 0 Å². The zero-order valence-corrected chi connectivity index (χ0v) is 19.6. The van der Waals surface area contributed by atoms with Gasteiger partial charge < -0.3 is 14.5 Å². The Balaban J connectivity index is 1.63. The van der Waals surface area contributed by atoms with Crippen LogP contribution in [0.2, 0.25) is 5.02 Å². The largest absolute Gasteiger partial charge is 0.497 e. The van der Waals surface area contributed by atoms with E-state index in [1.54, 1.807) is 42.5 Å². The number of anilines is 1. The number of benzene rings is 3. The molecule has 0 aromatic heterocycles. The lowest BCUT2D eigenvalue weighted by molar-refractivity contribution is -0.123. The normalized spacial score (nSPS) is 19.1. The number of nitrogens with zero attached hydrogens (tertiary/aromatic N) is 2. The van der Waals surface area contributed by atoms with Gasteiger partial charge in [-0.3, -0.25) is 9.59 Å². The quantitative estimate of drug-likeness (QED) is 0.493. The summed E-state index contributed by atoms with van der Waals surface area (Å²) in [4.78, 5) is 29.1. The van der Waals surface area contributed by atoms with Crippen molar-refractivity contribution in [2.24, 2.45) is 0 Å². The Morgan fingerprint density at radius 1 is 1.12 bits per heavy atom.